The Balaban J connectivity index is 1.56. The van der Waals surface area contributed by atoms with Crippen LogP contribution in [0.5, 0.6) is 11.5 Å². The van der Waals surface area contributed by atoms with Crippen LogP contribution < -0.4 is 9.64 Å². The summed E-state index contributed by atoms with van der Waals surface area (Å²) in [6, 6.07) is 14.8. The molecule has 0 aliphatic carbocycles. The van der Waals surface area contributed by atoms with E-state index in [1.54, 1.807) is 31.4 Å². The van der Waals surface area contributed by atoms with Gasteiger partial charge in [-0.15, -0.1) is 0 Å². The molecule has 1 amide bonds. The highest BCUT2D eigenvalue weighted by atomic mass is 16.5. The minimum absolute atomic E-state index is 0.131. The number of rotatable bonds is 4. The summed E-state index contributed by atoms with van der Waals surface area (Å²) >= 11 is 0. The largest absolute Gasteiger partial charge is 0.508 e. The molecular formula is C19H22N2O3. The van der Waals surface area contributed by atoms with Crippen LogP contribution in [0.25, 0.3) is 0 Å². The van der Waals surface area contributed by atoms with E-state index in [-0.39, 0.29) is 11.7 Å². The number of nitrogens with zero attached hydrogens (tertiary/aromatic N) is 2. The van der Waals surface area contributed by atoms with Crippen molar-refractivity contribution >= 4 is 11.6 Å². The predicted octanol–water partition coefficient (Wildman–Crippen LogP) is 2.29. The maximum atomic E-state index is 12.4. The van der Waals surface area contributed by atoms with Crippen LogP contribution in [-0.4, -0.2) is 49.2 Å². The van der Waals surface area contributed by atoms with Crippen molar-refractivity contribution in [1.29, 1.82) is 0 Å². The Labute approximate surface area is 142 Å². The van der Waals surface area contributed by atoms with Crippen LogP contribution in [0.4, 0.5) is 5.69 Å². The van der Waals surface area contributed by atoms with Crippen LogP contribution in [0.3, 0.4) is 0 Å². The van der Waals surface area contributed by atoms with Crippen LogP contribution in [0.15, 0.2) is 48.5 Å². The number of amides is 1. The number of carbonyl (C=O) groups is 1. The van der Waals surface area contributed by atoms with E-state index >= 15 is 0 Å². The summed E-state index contributed by atoms with van der Waals surface area (Å²) in [5.74, 6) is 1.20. The zero-order chi connectivity index (χ0) is 16.9. The summed E-state index contributed by atoms with van der Waals surface area (Å²) in [7, 11) is 1.67. The first-order chi connectivity index (χ1) is 11.7. The minimum Gasteiger partial charge on any atom is -0.508 e. The van der Waals surface area contributed by atoms with Gasteiger partial charge in [0.2, 0.25) is 5.91 Å². The Kier molecular flexibility index (Phi) is 4.89. The van der Waals surface area contributed by atoms with Crippen molar-refractivity contribution in [3.8, 4) is 11.5 Å². The summed E-state index contributed by atoms with van der Waals surface area (Å²) in [5.41, 5.74) is 2.05. The van der Waals surface area contributed by atoms with Gasteiger partial charge in [-0.05, 0) is 29.8 Å². The van der Waals surface area contributed by atoms with Gasteiger partial charge in [-0.1, -0.05) is 18.2 Å². The van der Waals surface area contributed by atoms with E-state index < -0.39 is 0 Å². The van der Waals surface area contributed by atoms with E-state index in [4.69, 9.17) is 4.74 Å². The second-order valence-electron chi connectivity index (χ2n) is 5.91. The zero-order valence-electron chi connectivity index (χ0n) is 13.8. The second-order valence-corrected chi connectivity index (χ2v) is 5.91. The molecule has 0 aromatic heterocycles. The van der Waals surface area contributed by atoms with E-state index in [0.717, 1.165) is 30.1 Å². The fraction of sp³-hybridized carbons (Fsp3) is 0.316. The molecular weight excluding hydrogens is 304 g/mol. The van der Waals surface area contributed by atoms with Crippen LogP contribution in [0.1, 0.15) is 5.56 Å². The third-order valence-corrected chi connectivity index (χ3v) is 4.34. The van der Waals surface area contributed by atoms with Gasteiger partial charge in [0.1, 0.15) is 11.5 Å². The fourth-order valence-corrected chi connectivity index (χ4v) is 2.92. The Morgan fingerprint density at radius 2 is 1.79 bits per heavy atom. The number of hydrogen-bond acceptors (Lipinski definition) is 4. The van der Waals surface area contributed by atoms with Crippen molar-refractivity contribution < 1.29 is 14.6 Å². The van der Waals surface area contributed by atoms with Crippen LogP contribution >= 0.6 is 0 Å². The molecule has 2 aromatic carbocycles. The lowest BCUT2D eigenvalue weighted by molar-refractivity contribution is -0.130. The average Bonchev–Trinajstić information content (AvgIpc) is 2.64. The molecule has 1 aliphatic heterocycles. The van der Waals surface area contributed by atoms with Gasteiger partial charge in [-0.2, -0.15) is 0 Å². The van der Waals surface area contributed by atoms with E-state index in [1.807, 2.05) is 23.1 Å². The molecule has 5 nitrogen and oxygen atoms in total. The van der Waals surface area contributed by atoms with Crippen molar-refractivity contribution in [2.24, 2.45) is 0 Å². The first kappa shape index (κ1) is 16.2. The van der Waals surface area contributed by atoms with Crippen molar-refractivity contribution in [1.82, 2.24) is 4.90 Å². The molecule has 126 valence electrons. The van der Waals surface area contributed by atoms with E-state index in [2.05, 4.69) is 11.0 Å². The molecule has 0 saturated carbocycles. The summed E-state index contributed by atoms with van der Waals surface area (Å²) in [6.45, 7) is 3.06. The fourth-order valence-electron chi connectivity index (χ4n) is 2.92. The molecule has 1 heterocycles. The standard InChI is InChI=1S/C19H22N2O3/c1-24-18-4-2-3-16(14-18)20-9-11-21(12-10-20)19(23)13-15-5-7-17(22)8-6-15/h2-8,14,22H,9-13H2,1H3. The van der Waals surface area contributed by atoms with Gasteiger partial charge in [0.05, 0.1) is 13.5 Å². The van der Waals surface area contributed by atoms with Gasteiger partial charge in [-0.25, -0.2) is 0 Å². The van der Waals surface area contributed by atoms with Gasteiger partial charge in [0.15, 0.2) is 0 Å². The first-order valence-electron chi connectivity index (χ1n) is 8.10. The highest BCUT2D eigenvalue weighted by molar-refractivity contribution is 5.79. The lowest BCUT2D eigenvalue weighted by Gasteiger charge is -2.36. The lowest BCUT2D eigenvalue weighted by atomic mass is 10.1. The van der Waals surface area contributed by atoms with Gasteiger partial charge >= 0.3 is 0 Å². The SMILES string of the molecule is COc1cccc(N2CCN(C(=O)Cc3ccc(O)cc3)CC2)c1. The molecule has 1 aliphatic rings. The number of benzene rings is 2. The summed E-state index contributed by atoms with van der Waals surface area (Å²) in [6.07, 6.45) is 0.374. The van der Waals surface area contributed by atoms with Gasteiger partial charge in [-0.3, -0.25) is 4.79 Å². The highest BCUT2D eigenvalue weighted by Gasteiger charge is 2.21. The van der Waals surface area contributed by atoms with Crippen molar-refractivity contribution in [2.45, 2.75) is 6.42 Å². The van der Waals surface area contributed by atoms with Crippen molar-refractivity contribution in [3.63, 3.8) is 0 Å². The van der Waals surface area contributed by atoms with Gasteiger partial charge < -0.3 is 19.6 Å². The number of phenolic OH excluding ortho intramolecular Hbond substituents is 1. The van der Waals surface area contributed by atoms with E-state index in [9.17, 15) is 9.90 Å². The third kappa shape index (κ3) is 3.79. The third-order valence-electron chi connectivity index (χ3n) is 4.34. The molecule has 0 spiro atoms. The van der Waals surface area contributed by atoms with Crippen LogP contribution in [-0.2, 0) is 11.2 Å². The van der Waals surface area contributed by atoms with Crippen LogP contribution in [0, 0.1) is 0 Å². The molecule has 24 heavy (non-hydrogen) atoms. The number of ether oxygens (including phenoxy) is 1. The van der Waals surface area contributed by atoms with Crippen LogP contribution in [0.2, 0.25) is 0 Å². The Morgan fingerprint density at radius 1 is 1.08 bits per heavy atom. The quantitative estimate of drug-likeness (QED) is 0.937. The first-order valence-corrected chi connectivity index (χ1v) is 8.10. The normalized spacial score (nSPS) is 14.5. The molecule has 1 fully saturated rings. The summed E-state index contributed by atoms with van der Waals surface area (Å²) < 4.78 is 5.27. The molecule has 0 bridgehead atoms. The molecule has 3 rings (SSSR count). The molecule has 1 N–H and O–H groups in total. The number of hydrogen-bond donors (Lipinski definition) is 1. The Morgan fingerprint density at radius 3 is 2.46 bits per heavy atom. The van der Waals surface area contributed by atoms with Crippen molar-refractivity contribution in [3.05, 3.63) is 54.1 Å². The Bertz CT molecular complexity index is 692. The summed E-state index contributed by atoms with van der Waals surface area (Å²) in [4.78, 5) is 16.6. The Hall–Kier alpha value is -2.69. The maximum Gasteiger partial charge on any atom is 0.227 e. The molecule has 1 saturated heterocycles. The molecule has 0 radical (unpaired) electrons. The van der Waals surface area contributed by atoms with Gasteiger partial charge in [0, 0.05) is 37.9 Å². The maximum absolute atomic E-state index is 12.4. The number of piperazine rings is 1. The zero-order valence-corrected chi connectivity index (χ0v) is 13.8. The summed E-state index contributed by atoms with van der Waals surface area (Å²) in [5, 5.41) is 9.30. The second kappa shape index (κ2) is 7.25. The van der Waals surface area contributed by atoms with E-state index in [1.165, 1.54) is 0 Å². The smallest absolute Gasteiger partial charge is 0.227 e. The highest BCUT2D eigenvalue weighted by Crippen LogP contribution is 2.22. The number of phenols is 1. The number of methoxy groups -OCH3 is 1. The number of anilines is 1. The monoisotopic (exact) mass is 326 g/mol. The van der Waals surface area contributed by atoms with E-state index in [0.29, 0.717) is 19.5 Å². The minimum atomic E-state index is 0.131. The average molecular weight is 326 g/mol. The topological polar surface area (TPSA) is 53.0 Å². The number of carbonyl (C=O) groups excluding carboxylic acids is 1. The molecule has 0 unspecified atom stereocenters. The molecule has 2 aromatic rings. The molecule has 0 atom stereocenters. The number of aromatic hydroxyl groups is 1. The molecule has 5 heteroatoms. The van der Waals surface area contributed by atoms with Gasteiger partial charge in [0.25, 0.3) is 0 Å². The lowest BCUT2D eigenvalue weighted by Crippen LogP contribution is -2.49. The van der Waals surface area contributed by atoms with Crippen molar-refractivity contribution in [2.75, 3.05) is 38.2 Å². The predicted molar refractivity (Wildman–Crippen MR) is 93.6 cm³/mol.